The zero-order valence-electron chi connectivity index (χ0n) is 18.4. The summed E-state index contributed by atoms with van der Waals surface area (Å²) in [5.74, 6) is -2.69. The van der Waals surface area contributed by atoms with Gasteiger partial charge in [0.15, 0.2) is 0 Å². The maximum atomic E-state index is 12.7. The van der Waals surface area contributed by atoms with Crippen LogP contribution in [-0.4, -0.2) is 75.0 Å². The van der Waals surface area contributed by atoms with E-state index in [-0.39, 0.29) is 24.2 Å². The van der Waals surface area contributed by atoms with E-state index in [1.165, 1.54) is 57.5 Å². The lowest BCUT2D eigenvalue weighted by atomic mass is 10.1. The Morgan fingerprint density at radius 2 is 1.26 bits per heavy atom. The van der Waals surface area contributed by atoms with Gasteiger partial charge in [-0.25, -0.2) is 24.5 Å². The molecule has 3 heterocycles. The molecule has 0 aliphatic rings. The second-order valence-electron chi connectivity index (χ2n) is 7.07. The highest BCUT2D eigenvalue weighted by atomic mass is 16.5. The number of rotatable bonds is 10. The summed E-state index contributed by atoms with van der Waals surface area (Å²) in [7, 11) is 2.41. The highest BCUT2D eigenvalue weighted by Gasteiger charge is 2.26. The van der Waals surface area contributed by atoms with E-state index >= 15 is 0 Å². The predicted molar refractivity (Wildman–Crippen MR) is 115 cm³/mol. The molecule has 0 radical (unpaired) electrons. The summed E-state index contributed by atoms with van der Waals surface area (Å²) in [6.45, 7) is 0. The highest BCUT2D eigenvalue weighted by molar-refractivity contribution is 5.98. The molecule has 3 rings (SSSR count). The van der Waals surface area contributed by atoms with Crippen molar-refractivity contribution in [1.82, 2.24) is 35.6 Å². The second kappa shape index (κ2) is 11.4. The number of nitrogens with zero attached hydrogens (tertiary/aromatic N) is 3. The van der Waals surface area contributed by atoms with Crippen LogP contribution < -0.4 is 10.6 Å². The standard InChI is InChI=1S/C21H23N7O6/c1-33-20(31)16(6-12-8-22-10-24-12)27-18(29)14-4-3-5-15(26-14)19(30)28-17(21(32)34-2)7-13-9-23-11-25-13/h3-5,8-11,16-17H,6-7H2,1-2H3,(H,22,24)(H,23,25)(H,27,29)(H,28,30)/t16-,17-/m1/s1. The van der Waals surface area contributed by atoms with Gasteiger partial charge in [0.1, 0.15) is 23.5 Å². The Labute approximate surface area is 193 Å². The average molecular weight is 469 g/mol. The third kappa shape index (κ3) is 6.25. The average Bonchev–Trinajstić information content (AvgIpc) is 3.56. The van der Waals surface area contributed by atoms with Crippen LogP contribution in [0.1, 0.15) is 32.4 Å². The predicted octanol–water partition coefficient (Wildman–Crippen LogP) is -0.444. The Morgan fingerprint density at radius 3 is 1.62 bits per heavy atom. The van der Waals surface area contributed by atoms with Gasteiger partial charge in [0.2, 0.25) is 0 Å². The Kier molecular flexibility index (Phi) is 8.05. The number of hydrogen-bond donors (Lipinski definition) is 4. The number of pyridine rings is 1. The van der Waals surface area contributed by atoms with E-state index in [2.05, 4.69) is 35.6 Å². The fraction of sp³-hybridized carbons (Fsp3) is 0.286. The first-order valence-electron chi connectivity index (χ1n) is 10.1. The van der Waals surface area contributed by atoms with Crippen molar-refractivity contribution in [3.05, 3.63) is 66.0 Å². The van der Waals surface area contributed by atoms with Crippen molar-refractivity contribution >= 4 is 23.8 Å². The molecule has 2 atom stereocenters. The first-order valence-corrected chi connectivity index (χ1v) is 10.1. The minimum atomic E-state index is -1.00. The normalized spacial score (nSPS) is 12.3. The molecule has 178 valence electrons. The van der Waals surface area contributed by atoms with Gasteiger partial charge in [0, 0.05) is 36.6 Å². The van der Waals surface area contributed by atoms with E-state index in [1.807, 2.05) is 0 Å². The molecule has 0 aromatic carbocycles. The van der Waals surface area contributed by atoms with E-state index in [1.54, 1.807) is 0 Å². The smallest absolute Gasteiger partial charge is 0.328 e. The van der Waals surface area contributed by atoms with E-state index in [0.717, 1.165) is 0 Å². The Hall–Kier alpha value is -4.55. The molecule has 13 heteroatoms. The van der Waals surface area contributed by atoms with Crippen LogP contribution in [0.25, 0.3) is 0 Å². The maximum Gasteiger partial charge on any atom is 0.328 e. The van der Waals surface area contributed by atoms with Crippen molar-refractivity contribution in [2.24, 2.45) is 0 Å². The lowest BCUT2D eigenvalue weighted by Gasteiger charge is -2.17. The number of nitrogens with one attached hydrogen (secondary N) is 4. The van der Waals surface area contributed by atoms with Gasteiger partial charge in [0.05, 0.1) is 26.9 Å². The van der Waals surface area contributed by atoms with Crippen LogP contribution in [0.15, 0.2) is 43.2 Å². The number of carbonyl (C=O) groups excluding carboxylic acids is 4. The molecular weight excluding hydrogens is 446 g/mol. The summed E-state index contributed by atoms with van der Waals surface area (Å²) in [4.78, 5) is 67.3. The number of ether oxygens (including phenoxy) is 2. The molecule has 0 fully saturated rings. The van der Waals surface area contributed by atoms with Crippen molar-refractivity contribution in [2.75, 3.05) is 14.2 Å². The number of imidazole rings is 2. The second-order valence-corrected chi connectivity index (χ2v) is 7.07. The topological polar surface area (TPSA) is 181 Å². The largest absolute Gasteiger partial charge is 0.467 e. The molecule has 3 aromatic rings. The quantitative estimate of drug-likeness (QED) is 0.286. The fourth-order valence-electron chi connectivity index (χ4n) is 3.06. The molecular formula is C21H23N7O6. The third-order valence-corrected chi connectivity index (χ3v) is 4.75. The summed E-state index contributed by atoms with van der Waals surface area (Å²) in [6, 6.07) is 2.23. The van der Waals surface area contributed by atoms with Crippen LogP contribution in [0.2, 0.25) is 0 Å². The number of esters is 2. The molecule has 13 nitrogen and oxygen atoms in total. The van der Waals surface area contributed by atoms with Crippen molar-refractivity contribution < 1.29 is 28.7 Å². The van der Waals surface area contributed by atoms with Crippen molar-refractivity contribution in [1.29, 1.82) is 0 Å². The molecule has 34 heavy (non-hydrogen) atoms. The van der Waals surface area contributed by atoms with Crippen molar-refractivity contribution in [3.8, 4) is 0 Å². The number of carbonyl (C=O) groups is 4. The number of H-pyrrole nitrogens is 2. The molecule has 0 bridgehead atoms. The highest BCUT2D eigenvalue weighted by Crippen LogP contribution is 2.06. The van der Waals surface area contributed by atoms with Crippen LogP contribution in [-0.2, 0) is 31.9 Å². The number of methoxy groups -OCH3 is 2. The van der Waals surface area contributed by atoms with E-state index < -0.39 is 35.8 Å². The van der Waals surface area contributed by atoms with Gasteiger partial charge in [-0.1, -0.05) is 6.07 Å². The van der Waals surface area contributed by atoms with Gasteiger partial charge in [-0.05, 0) is 12.1 Å². The molecule has 0 aliphatic heterocycles. The molecule has 0 saturated heterocycles. The zero-order valence-corrected chi connectivity index (χ0v) is 18.4. The number of aromatic amines is 2. The molecule has 4 N–H and O–H groups in total. The Morgan fingerprint density at radius 1 is 0.824 bits per heavy atom. The maximum absolute atomic E-state index is 12.7. The molecule has 0 aliphatic carbocycles. The Balaban J connectivity index is 1.71. The fourth-order valence-corrected chi connectivity index (χ4v) is 3.06. The van der Waals surface area contributed by atoms with Crippen LogP contribution in [0, 0.1) is 0 Å². The van der Waals surface area contributed by atoms with Gasteiger partial charge < -0.3 is 30.1 Å². The first kappa shape index (κ1) is 24.1. The van der Waals surface area contributed by atoms with Crippen LogP contribution in [0.4, 0.5) is 0 Å². The van der Waals surface area contributed by atoms with Gasteiger partial charge in [0.25, 0.3) is 11.8 Å². The SMILES string of the molecule is COC(=O)[C@@H](Cc1cnc[nH]1)NC(=O)c1cccc(C(=O)N[C@H](Cc2cnc[nH]2)C(=O)OC)n1. The monoisotopic (exact) mass is 469 g/mol. The summed E-state index contributed by atoms with van der Waals surface area (Å²) >= 11 is 0. The zero-order chi connectivity index (χ0) is 24.5. The molecule has 0 spiro atoms. The van der Waals surface area contributed by atoms with Crippen LogP contribution in [0.5, 0.6) is 0 Å². The third-order valence-electron chi connectivity index (χ3n) is 4.75. The summed E-state index contributed by atoms with van der Waals surface area (Å²) in [5.41, 5.74) is 1.02. The van der Waals surface area contributed by atoms with Crippen molar-refractivity contribution in [2.45, 2.75) is 24.9 Å². The first-order chi connectivity index (χ1) is 16.4. The minimum absolute atomic E-state index is 0.102. The van der Waals surface area contributed by atoms with E-state index in [0.29, 0.717) is 11.4 Å². The molecule has 0 unspecified atom stereocenters. The minimum Gasteiger partial charge on any atom is -0.467 e. The summed E-state index contributed by atoms with van der Waals surface area (Å²) in [5, 5.41) is 5.09. The van der Waals surface area contributed by atoms with Gasteiger partial charge in [-0.2, -0.15) is 0 Å². The molecule has 2 amide bonds. The summed E-state index contributed by atoms with van der Waals surface area (Å²) in [6.07, 6.45) is 6.17. The number of hydrogen-bond acceptors (Lipinski definition) is 9. The van der Waals surface area contributed by atoms with E-state index in [4.69, 9.17) is 9.47 Å². The molecule has 0 saturated carbocycles. The lowest BCUT2D eigenvalue weighted by molar-refractivity contribution is -0.143. The van der Waals surface area contributed by atoms with Gasteiger partial charge in [-0.3, -0.25) is 9.59 Å². The van der Waals surface area contributed by atoms with Crippen molar-refractivity contribution in [3.63, 3.8) is 0 Å². The van der Waals surface area contributed by atoms with Crippen LogP contribution >= 0.6 is 0 Å². The number of amides is 2. The Bertz CT molecular complexity index is 1040. The number of aromatic nitrogens is 5. The van der Waals surface area contributed by atoms with E-state index in [9.17, 15) is 19.2 Å². The molecule has 3 aromatic heterocycles. The lowest BCUT2D eigenvalue weighted by Crippen LogP contribution is -2.44. The van der Waals surface area contributed by atoms with Gasteiger partial charge in [-0.15, -0.1) is 0 Å². The summed E-state index contributed by atoms with van der Waals surface area (Å²) < 4.78 is 9.51. The van der Waals surface area contributed by atoms with Crippen LogP contribution in [0.3, 0.4) is 0 Å². The van der Waals surface area contributed by atoms with Gasteiger partial charge >= 0.3 is 11.9 Å².